The lowest BCUT2D eigenvalue weighted by atomic mass is 9.63. The molecular weight excluding hydrogens is 280 g/mol. The van der Waals surface area contributed by atoms with Crippen molar-refractivity contribution in [2.24, 2.45) is 47.3 Å². The maximum Gasteiger partial charge on any atom is 0.309 e. The van der Waals surface area contributed by atoms with Gasteiger partial charge in [-0.05, 0) is 61.2 Å². The zero-order valence-electron chi connectivity index (χ0n) is 13.1. The van der Waals surface area contributed by atoms with Crippen molar-refractivity contribution in [1.82, 2.24) is 0 Å². The summed E-state index contributed by atoms with van der Waals surface area (Å²) in [7, 11) is 0. The number of esters is 2. The number of carbonyl (C=O) groups excluding carboxylic acids is 2. The van der Waals surface area contributed by atoms with Crippen LogP contribution < -0.4 is 0 Å². The Kier molecular flexibility index (Phi) is 2.73. The quantitative estimate of drug-likeness (QED) is 0.593. The molecule has 4 nitrogen and oxygen atoms in total. The first-order valence-electron chi connectivity index (χ1n) is 9.05. The maximum absolute atomic E-state index is 12.1. The van der Waals surface area contributed by atoms with E-state index in [0.29, 0.717) is 42.6 Å². The minimum absolute atomic E-state index is 0.0297. The molecule has 9 unspecified atom stereocenters. The number of rotatable bonds is 3. The molecule has 0 radical (unpaired) electrons. The fraction of sp³-hybridized carbons (Fsp3) is 0.889. The van der Waals surface area contributed by atoms with E-state index in [0.717, 1.165) is 24.7 Å². The second-order valence-electron chi connectivity index (χ2n) is 8.21. The highest BCUT2D eigenvalue weighted by molar-refractivity contribution is 5.76. The molecule has 1 aliphatic heterocycles. The average molecular weight is 304 g/mol. The number of hydrogen-bond acceptors (Lipinski definition) is 4. The summed E-state index contributed by atoms with van der Waals surface area (Å²) >= 11 is 0. The molecule has 0 aromatic rings. The van der Waals surface area contributed by atoms with Crippen LogP contribution in [-0.2, 0) is 19.1 Å². The molecule has 22 heavy (non-hydrogen) atoms. The second-order valence-corrected chi connectivity index (χ2v) is 8.21. The Labute approximate surface area is 130 Å². The summed E-state index contributed by atoms with van der Waals surface area (Å²) in [6, 6.07) is 0. The van der Waals surface area contributed by atoms with Crippen LogP contribution in [0.5, 0.6) is 0 Å². The van der Waals surface area contributed by atoms with Crippen LogP contribution in [-0.4, -0.2) is 24.6 Å². The minimum atomic E-state index is -0.0297. The molecule has 0 spiro atoms. The molecule has 0 amide bonds. The number of hydrogen-bond donors (Lipinski definition) is 0. The Bertz CT molecular complexity index is 529. The summed E-state index contributed by atoms with van der Waals surface area (Å²) < 4.78 is 11.1. The van der Waals surface area contributed by atoms with Crippen molar-refractivity contribution < 1.29 is 19.1 Å². The van der Waals surface area contributed by atoms with Crippen LogP contribution in [0.1, 0.15) is 39.0 Å². The van der Waals surface area contributed by atoms with Crippen molar-refractivity contribution in [3.8, 4) is 0 Å². The summed E-state index contributed by atoms with van der Waals surface area (Å²) in [6.45, 7) is 2.68. The van der Waals surface area contributed by atoms with Gasteiger partial charge in [0.05, 0.1) is 12.5 Å². The molecule has 9 atom stereocenters. The van der Waals surface area contributed by atoms with Gasteiger partial charge in [-0.1, -0.05) is 6.92 Å². The zero-order valence-corrected chi connectivity index (χ0v) is 13.1. The van der Waals surface area contributed by atoms with Crippen LogP contribution in [0.15, 0.2) is 0 Å². The van der Waals surface area contributed by atoms with Gasteiger partial charge >= 0.3 is 11.9 Å². The molecule has 1 saturated heterocycles. The number of cyclic esters (lactones) is 1. The number of ether oxygens (including phenoxy) is 2. The molecule has 5 rings (SSSR count). The minimum Gasteiger partial charge on any atom is -0.465 e. The Morgan fingerprint density at radius 3 is 2.82 bits per heavy atom. The van der Waals surface area contributed by atoms with E-state index in [-0.39, 0.29) is 24.0 Å². The smallest absolute Gasteiger partial charge is 0.309 e. The first kappa shape index (κ1) is 13.4. The third-order valence-corrected chi connectivity index (χ3v) is 7.50. The predicted molar refractivity (Wildman–Crippen MR) is 77.5 cm³/mol. The maximum atomic E-state index is 12.1. The molecule has 5 aliphatic rings. The van der Waals surface area contributed by atoms with E-state index in [9.17, 15) is 9.59 Å². The summed E-state index contributed by atoms with van der Waals surface area (Å²) in [6.07, 6.45) is 5.03. The fourth-order valence-electron chi connectivity index (χ4n) is 7.11. The third kappa shape index (κ3) is 1.54. The van der Waals surface area contributed by atoms with Gasteiger partial charge in [0, 0.05) is 12.3 Å². The van der Waals surface area contributed by atoms with E-state index < -0.39 is 0 Å². The molecule has 0 aromatic carbocycles. The average Bonchev–Trinajstić information content (AvgIpc) is 3.21. The Morgan fingerprint density at radius 2 is 2.00 bits per heavy atom. The topological polar surface area (TPSA) is 52.6 Å². The van der Waals surface area contributed by atoms with Crippen LogP contribution in [0.4, 0.5) is 0 Å². The van der Waals surface area contributed by atoms with Gasteiger partial charge in [0.2, 0.25) is 0 Å². The summed E-state index contributed by atoms with van der Waals surface area (Å²) in [5.41, 5.74) is 0. The summed E-state index contributed by atoms with van der Waals surface area (Å²) in [4.78, 5) is 23.9. The van der Waals surface area contributed by atoms with Crippen molar-refractivity contribution in [1.29, 1.82) is 0 Å². The van der Waals surface area contributed by atoms with Crippen LogP contribution >= 0.6 is 0 Å². The summed E-state index contributed by atoms with van der Waals surface area (Å²) in [5.74, 6) is 4.54. The first-order chi connectivity index (χ1) is 10.7. The second kappa shape index (κ2) is 4.48. The lowest BCUT2D eigenvalue weighted by Crippen LogP contribution is -2.43. The molecule has 4 aliphatic carbocycles. The Hall–Kier alpha value is -1.06. The largest absolute Gasteiger partial charge is 0.465 e. The Morgan fingerprint density at radius 1 is 1.14 bits per heavy atom. The molecule has 120 valence electrons. The molecule has 5 fully saturated rings. The molecular formula is C18H24O4. The van der Waals surface area contributed by atoms with E-state index in [1.54, 1.807) is 0 Å². The predicted octanol–water partition coefficient (Wildman–Crippen LogP) is 2.41. The standard InChI is InChI=1S/C18H24O4/c1-2-3-14(19)22-13-5-8-4-10(13)16-11-6-9(15(8)16)12-7-21-18(20)17(11)12/h8-13,15-17H,2-7H2,1H3. The van der Waals surface area contributed by atoms with Gasteiger partial charge in [0.15, 0.2) is 0 Å². The highest BCUT2D eigenvalue weighted by Gasteiger charge is 2.70. The van der Waals surface area contributed by atoms with E-state index in [4.69, 9.17) is 9.47 Å². The van der Waals surface area contributed by atoms with Crippen molar-refractivity contribution >= 4 is 11.9 Å². The van der Waals surface area contributed by atoms with Crippen molar-refractivity contribution in [3.05, 3.63) is 0 Å². The van der Waals surface area contributed by atoms with E-state index >= 15 is 0 Å². The van der Waals surface area contributed by atoms with Crippen molar-refractivity contribution in [2.75, 3.05) is 6.61 Å². The van der Waals surface area contributed by atoms with Crippen molar-refractivity contribution in [3.63, 3.8) is 0 Å². The van der Waals surface area contributed by atoms with Gasteiger partial charge in [0.1, 0.15) is 6.10 Å². The van der Waals surface area contributed by atoms with Crippen molar-refractivity contribution in [2.45, 2.75) is 45.1 Å². The zero-order chi connectivity index (χ0) is 15.0. The molecule has 4 saturated carbocycles. The van der Waals surface area contributed by atoms with E-state index in [2.05, 4.69) is 0 Å². The van der Waals surface area contributed by atoms with Gasteiger partial charge in [-0.2, -0.15) is 0 Å². The van der Waals surface area contributed by atoms with Gasteiger partial charge in [-0.25, -0.2) is 0 Å². The fourth-order valence-corrected chi connectivity index (χ4v) is 7.11. The van der Waals surface area contributed by atoms with Crippen LogP contribution in [0.25, 0.3) is 0 Å². The van der Waals surface area contributed by atoms with Gasteiger partial charge in [0.25, 0.3) is 0 Å². The molecule has 0 aromatic heterocycles. The summed E-state index contributed by atoms with van der Waals surface area (Å²) in [5, 5.41) is 0. The third-order valence-electron chi connectivity index (χ3n) is 7.50. The van der Waals surface area contributed by atoms with Crippen LogP contribution in [0.3, 0.4) is 0 Å². The normalized spacial score (nSPS) is 53.5. The lowest BCUT2D eigenvalue weighted by Gasteiger charge is -2.41. The first-order valence-corrected chi connectivity index (χ1v) is 9.05. The highest BCUT2D eigenvalue weighted by atomic mass is 16.5. The molecule has 4 heteroatoms. The lowest BCUT2D eigenvalue weighted by molar-refractivity contribution is -0.155. The van der Waals surface area contributed by atoms with Crippen LogP contribution in [0, 0.1) is 47.3 Å². The van der Waals surface area contributed by atoms with E-state index in [1.807, 2.05) is 6.92 Å². The van der Waals surface area contributed by atoms with Gasteiger partial charge < -0.3 is 9.47 Å². The Balaban J connectivity index is 1.37. The van der Waals surface area contributed by atoms with Crippen LogP contribution in [0.2, 0.25) is 0 Å². The number of fused-ring (bicyclic) bond motifs is 12. The number of carbonyl (C=O) groups is 2. The van der Waals surface area contributed by atoms with Gasteiger partial charge in [-0.15, -0.1) is 0 Å². The monoisotopic (exact) mass is 304 g/mol. The molecule has 4 bridgehead atoms. The SMILES string of the molecule is CCCC(=O)OC1CC2CC1C1C3CC(C4COC(=O)C43)C21. The molecule has 1 heterocycles. The van der Waals surface area contributed by atoms with E-state index in [1.165, 1.54) is 12.8 Å². The highest BCUT2D eigenvalue weighted by Crippen LogP contribution is 2.71. The van der Waals surface area contributed by atoms with Gasteiger partial charge in [-0.3, -0.25) is 9.59 Å². The molecule has 0 N–H and O–H groups in total.